The van der Waals surface area contributed by atoms with Crippen LogP contribution < -0.4 is 5.32 Å². The van der Waals surface area contributed by atoms with Gasteiger partial charge in [-0.1, -0.05) is 25.7 Å². The van der Waals surface area contributed by atoms with Crippen LogP contribution in [-0.2, 0) is 15.1 Å². The van der Waals surface area contributed by atoms with Gasteiger partial charge in [-0.15, -0.1) is 0 Å². The van der Waals surface area contributed by atoms with Gasteiger partial charge in [0.25, 0.3) is 0 Å². The minimum Gasteiger partial charge on any atom is -0.385 e. The van der Waals surface area contributed by atoms with E-state index in [1.807, 2.05) is 0 Å². The van der Waals surface area contributed by atoms with Gasteiger partial charge in [-0.2, -0.15) is 21.0 Å². The second-order valence-electron chi connectivity index (χ2n) is 4.04. The molecule has 0 atom stereocenters. The van der Waals surface area contributed by atoms with Crippen molar-refractivity contribution in [1.82, 2.24) is 5.32 Å². The number of ether oxygens (including phenoxy) is 1. The van der Waals surface area contributed by atoms with Crippen molar-refractivity contribution in [3.63, 3.8) is 0 Å². The van der Waals surface area contributed by atoms with Gasteiger partial charge in [-0.3, -0.25) is 9.11 Å². The van der Waals surface area contributed by atoms with Crippen LogP contribution in [0.4, 0.5) is 0 Å². The van der Waals surface area contributed by atoms with E-state index in [2.05, 4.69) is 17.9 Å². The van der Waals surface area contributed by atoms with Crippen molar-refractivity contribution in [2.24, 2.45) is 0 Å². The van der Waals surface area contributed by atoms with Crippen molar-refractivity contribution in [1.29, 1.82) is 0 Å². The molecule has 3 N–H and O–H groups in total. The molecular formula is C11H27NO5S2. The molecule has 8 heteroatoms. The largest absolute Gasteiger partial charge is 0.394 e. The quantitative estimate of drug-likeness (QED) is 0.264. The molecule has 6 nitrogen and oxygen atoms in total. The molecule has 0 aromatic heterocycles. The molecule has 0 heterocycles. The first-order valence-electron chi connectivity index (χ1n) is 6.42. The molecule has 0 spiro atoms. The molecule has 0 saturated carbocycles. The molecule has 118 valence electrons. The molecule has 0 fully saturated rings. The molecule has 0 saturated heterocycles. The highest BCUT2D eigenvalue weighted by Crippen LogP contribution is 2.04. The molecule has 0 aromatic carbocycles. The van der Waals surface area contributed by atoms with Gasteiger partial charge in [0, 0.05) is 26.0 Å². The number of thiol groups is 1. The lowest BCUT2D eigenvalue weighted by Gasteiger charge is -2.03. The Morgan fingerprint density at radius 3 is 1.95 bits per heavy atom. The summed E-state index contributed by atoms with van der Waals surface area (Å²) >= 11 is 4.14. The van der Waals surface area contributed by atoms with Gasteiger partial charge in [-0.25, -0.2) is 0 Å². The Morgan fingerprint density at radius 2 is 1.47 bits per heavy atom. The summed E-state index contributed by atoms with van der Waals surface area (Å²) in [7, 11) is -2.90. The summed E-state index contributed by atoms with van der Waals surface area (Å²) in [4.78, 5) is 0. The van der Waals surface area contributed by atoms with E-state index in [1.54, 1.807) is 7.11 Å². The number of hydrogen-bond acceptors (Lipinski definition) is 5. The van der Waals surface area contributed by atoms with Crippen LogP contribution >= 0.6 is 12.6 Å². The fourth-order valence-electron chi connectivity index (χ4n) is 1.41. The van der Waals surface area contributed by atoms with Gasteiger partial charge >= 0.3 is 10.4 Å². The third-order valence-corrected chi connectivity index (χ3v) is 2.46. The molecule has 0 bridgehead atoms. The zero-order valence-corrected chi connectivity index (χ0v) is 13.3. The summed E-state index contributed by atoms with van der Waals surface area (Å²) in [6.45, 7) is 3.11. The van der Waals surface area contributed by atoms with Crippen molar-refractivity contribution in [2.45, 2.75) is 38.5 Å². The first-order valence-corrected chi connectivity index (χ1v) is 8.45. The Morgan fingerprint density at radius 1 is 1.00 bits per heavy atom. The zero-order chi connectivity index (χ0) is 15.0. The number of methoxy groups -OCH3 is 1. The Hall–Kier alpha value is 0.140. The minimum atomic E-state index is -4.67. The highest BCUT2D eigenvalue weighted by molar-refractivity contribution is 7.80. The average molecular weight is 317 g/mol. The number of hydrogen-bond donors (Lipinski definition) is 4. The lowest BCUT2D eigenvalue weighted by molar-refractivity contribution is 0.192. The van der Waals surface area contributed by atoms with Gasteiger partial charge in [0.2, 0.25) is 0 Å². The fraction of sp³-hybridized carbons (Fsp3) is 1.00. The second kappa shape index (κ2) is 16.2. The third-order valence-electron chi connectivity index (χ3n) is 2.24. The van der Waals surface area contributed by atoms with E-state index in [-0.39, 0.29) is 0 Å². The maximum atomic E-state index is 8.74. The van der Waals surface area contributed by atoms with E-state index >= 15 is 0 Å². The van der Waals surface area contributed by atoms with Gasteiger partial charge < -0.3 is 10.1 Å². The summed E-state index contributed by atoms with van der Waals surface area (Å²) in [5.41, 5.74) is 0. The molecule has 0 aromatic rings. The van der Waals surface area contributed by atoms with Gasteiger partial charge in [0.05, 0.1) is 0 Å². The average Bonchev–Trinajstić information content (AvgIpc) is 2.29. The van der Waals surface area contributed by atoms with Crippen LogP contribution in [0.3, 0.4) is 0 Å². The topological polar surface area (TPSA) is 95.9 Å². The SMILES string of the molecule is COCCCCCCCCNCCS.O=S(=O)(O)O. The minimum absolute atomic E-state index is 0.920. The van der Waals surface area contributed by atoms with Crippen LogP contribution in [0.15, 0.2) is 0 Å². The predicted molar refractivity (Wildman–Crippen MR) is 80.5 cm³/mol. The Labute approximate surface area is 122 Å². The van der Waals surface area contributed by atoms with Crippen molar-refractivity contribution in [3.05, 3.63) is 0 Å². The normalized spacial score (nSPS) is 10.9. The smallest absolute Gasteiger partial charge is 0.385 e. The first kappa shape index (κ1) is 21.4. The van der Waals surface area contributed by atoms with Crippen molar-refractivity contribution in [3.8, 4) is 0 Å². The van der Waals surface area contributed by atoms with Crippen LogP contribution in [0.25, 0.3) is 0 Å². The second-order valence-corrected chi connectivity index (χ2v) is 5.38. The molecule has 0 rings (SSSR count). The first-order chi connectivity index (χ1) is 8.91. The fourth-order valence-corrected chi connectivity index (χ4v) is 1.57. The molecule has 19 heavy (non-hydrogen) atoms. The number of unbranched alkanes of at least 4 members (excludes halogenated alkanes) is 5. The van der Waals surface area contributed by atoms with Crippen LogP contribution in [-0.4, -0.2) is 50.1 Å². The van der Waals surface area contributed by atoms with Crippen LogP contribution in [0, 0.1) is 0 Å². The standard InChI is InChI=1S/C11H25NOS.H2O4S/c1-13-10-7-5-3-2-4-6-8-12-9-11-14;1-5(2,3)4/h12,14H,2-11H2,1H3;(H2,1,2,3,4). The molecule has 0 amide bonds. The molecular weight excluding hydrogens is 290 g/mol. The van der Waals surface area contributed by atoms with Crippen molar-refractivity contribution < 1.29 is 22.3 Å². The van der Waals surface area contributed by atoms with Gasteiger partial charge in [0.15, 0.2) is 0 Å². The zero-order valence-electron chi connectivity index (χ0n) is 11.5. The Kier molecular flexibility index (Phi) is 18.3. The lowest BCUT2D eigenvalue weighted by atomic mass is 10.1. The Balaban J connectivity index is 0. The van der Waals surface area contributed by atoms with Crippen molar-refractivity contribution >= 4 is 23.0 Å². The van der Waals surface area contributed by atoms with Crippen LogP contribution in [0.1, 0.15) is 38.5 Å². The van der Waals surface area contributed by atoms with Gasteiger partial charge in [-0.05, 0) is 19.4 Å². The molecule has 0 radical (unpaired) electrons. The molecule has 0 aliphatic rings. The highest BCUT2D eigenvalue weighted by atomic mass is 32.3. The number of nitrogens with one attached hydrogen (secondary N) is 1. The Bertz CT molecular complexity index is 240. The van der Waals surface area contributed by atoms with Gasteiger partial charge in [0.1, 0.15) is 0 Å². The summed E-state index contributed by atoms with van der Waals surface area (Å²) < 4.78 is 36.6. The predicted octanol–water partition coefficient (Wildman–Crippen LogP) is 1.84. The van der Waals surface area contributed by atoms with Crippen LogP contribution in [0.2, 0.25) is 0 Å². The summed E-state index contributed by atoms with van der Waals surface area (Å²) in [5, 5.41) is 3.35. The highest BCUT2D eigenvalue weighted by Gasteiger charge is 1.91. The van der Waals surface area contributed by atoms with E-state index in [4.69, 9.17) is 22.3 Å². The monoisotopic (exact) mass is 317 g/mol. The summed E-state index contributed by atoms with van der Waals surface area (Å²) in [5.74, 6) is 0.941. The maximum absolute atomic E-state index is 8.74. The summed E-state index contributed by atoms with van der Waals surface area (Å²) in [6, 6.07) is 0. The van der Waals surface area contributed by atoms with Crippen LogP contribution in [0.5, 0.6) is 0 Å². The van der Waals surface area contributed by atoms with E-state index < -0.39 is 10.4 Å². The molecule has 0 unspecified atom stereocenters. The lowest BCUT2D eigenvalue weighted by Crippen LogP contribution is -2.17. The van der Waals surface area contributed by atoms with Crippen molar-refractivity contribution in [2.75, 3.05) is 32.6 Å². The van der Waals surface area contributed by atoms with E-state index in [9.17, 15) is 0 Å². The molecule has 0 aliphatic carbocycles. The third kappa shape index (κ3) is 38.1. The van der Waals surface area contributed by atoms with E-state index in [0.29, 0.717) is 0 Å². The number of rotatable bonds is 11. The maximum Gasteiger partial charge on any atom is 0.394 e. The van der Waals surface area contributed by atoms with E-state index in [0.717, 1.165) is 25.4 Å². The summed E-state index contributed by atoms with van der Waals surface area (Å²) in [6.07, 6.45) is 7.92. The molecule has 0 aliphatic heterocycles. The van der Waals surface area contributed by atoms with E-state index in [1.165, 1.54) is 38.5 Å².